The van der Waals surface area contributed by atoms with Crippen molar-refractivity contribution in [3.05, 3.63) is 6.07 Å². The molecule has 0 spiro atoms. The fourth-order valence-electron chi connectivity index (χ4n) is 3.06. The van der Waals surface area contributed by atoms with Crippen molar-refractivity contribution in [2.24, 2.45) is 0 Å². The summed E-state index contributed by atoms with van der Waals surface area (Å²) in [7, 11) is 1.79. The van der Waals surface area contributed by atoms with Crippen molar-refractivity contribution >= 4 is 34.9 Å². The van der Waals surface area contributed by atoms with Crippen LogP contribution in [0.5, 0.6) is 0 Å². The second-order valence-electron chi connectivity index (χ2n) is 6.11. The predicted molar refractivity (Wildman–Crippen MR) is 101 cm³/mol. The molecule has 7 nitrogen and oxygen atoms in total. The van der Waals surface area contributed by atoms with Crippen LogP contribution < -0.4 is 20.4 Å². The summed E-state index contributed by atoms with van der Waals surface area (Å²) in [5.74, 6) is 2.47. The van der Waals surface area contributed by atoms with Gasteiger partial charge in [-0.3, -0.25) is 0 Å². The van der Waals surface area contributed by atoms with Gasteiger partial charge in [0.15, 0.2) is 5.11 Å². The molecule has 132 valence electrons. The molecule has 3 rings (SSSR count). The van der Waals surface area contributed by atoms with Crippen molar-refractivity contribution in [1.82, 2.24) is 15.3 Å². The number of rotatable bonds is 3. The quantitative estimate of drug-likeness (QED) is 0.797. The van der Waals surface area contributed by atoms with E-state index in [1.807, 2.05) is 0 Å². The molecule has 1 aromatic heterocycles. The highest BCUT2D eigenvalue weighted by molar-refractivity contribution is 7.80. The first-order chi connectivity index (χ1) is 11.8. The number of aromatic nitrogens is 2. The molecular weight excluding hydrogens is 324 g/mol. The Morgan fingerprint density at radius 2 is 1.58 bits per heavy atom. The number of thiocarbonyl (C=S) groups is 1. The lowest BCUT2D eigenvalue weighted by Gasteiger charge is -2.29. The third-order valence-electron chi connectivity index (χ3n) is 4.42. The average molecular weight is 350 g/mol. The highest BCUT2D eigenvalue weighted by atomic mass is 32.1. The number of anilines is 3. The van der Waals surface area contributed by atoms with E-state index in [1.54, 1.807) is 7.05 Å². The van der Waals surface area contributed by atoms with Crippen LogP contribution in [0, 0.1) is 0 Å². The van der Waals surface area contributed by atoms with Crippen molar-refractivity contribution in [2.75, 3.05) is 61.6 Å². The maximum atomic E-state index is 5.45. The van der Waals surface area contributed by atoms with Crippen molar-refractivity contribution in [1.29, 1.82) is 0 Å². The molecule has 3 heterocycles. The maximum Gasteiger partial charge on any atom is 0.232 e. The van der Waals surface area contributed by atoms with Crippen LogP contribution in [0.25, 0.3) is 0 Å². The smallest absolute Gasteiger partial charge is 0.232 e. The van der Waals surface area contributed by atoms with Crippen LogP contribution >= 0.6 is 12.2 Å². The molecule has 2 saturated heterocycles. The van der Waals surface area contributed by atoms with Gasteiger partial charge in [0, 0.05) is 39.3 Å². The van der Waals surface area contributed by atoms with Gasteiger partial charge in [-0.25, -0.2) is 0 Å². The van der Waals surface area contributed by atoms with Gasteiger partial charge < -0.3 is 25.2 Å². The summed E-state index contributed by atoms with van der Waals surface area (Å²) < 4.78 is 5.45. The highest BCUT2D eigenvalue weighted by Crippen LogP contribution is 2.24. The van der Waals surface area contributed by atoms with Crippen molar-refractivity contribution in [3.8, 4) is 0 Å². The van der Waals surface area contributed by atoms with Crippen LogP contribution in [0.3, 0.4) is 0 Å². The van der Waals surface area contributed by atoms with E-state index in [9.17, 15) is 0 Å². The molecule has 0 atom stereocenters. The van der Waals surface area contributed by atoms with Gasteiger partial charge in [-0.2, -0.15) is 9.97 Å². The zero-order valence-corrected chi connectivity index (χ0v) is 15.1. The van der Waals surface area contributed by atoms with Crippen molar-refractivity contribution in [2.45, 2.75) is 25.7 Å². The minimum Gasteiger partial charge on any atom is -0.378 e. The molecular formula is C16H26N6OS. The van der Waals surface area contributed by atoms with E-state index in [2.05, 4.69) is 31.5 Å². The minimum atomic E-state index is 0.524. The van der Waals surface area contributed by atoms with E-state index in [4.69, 9.17) is 21.9 Å². The van der Waals surface area contributed by atoms with Gasteiger partial charge in [0.1, 0.15) is 11.6 Å². The van der Waals surface area contributed by atoms with E-state index in [0.717, 1.165) is 51.0 Å². The Balaban J connectivity index is 1.87. The van der Waals surface area contributed by atoms with E-state index in [1.165, 1.54) is 25.7 Å². The molecule has 0 bridgehead atoms. The first kappa shape index (κ1) is 17.2. The number of nitrogens with one attached hydrogen (secondary N) is 2. The van der Waals surface area contributed by atoms with Crippen LogP contribution in [-0.4, -0.2) is 61.5 Å². The number of hydrogen-bond acceptors (Lipinski definition) is 6. The summed E-state index contributed by atoms with van der Waals surface area (Å²) in [6.07, 6.45) is 5.03. The van der Waals surface area contributed by atoms with E-state index in [-0.39, 0.29) is 0 Å². The predicted octanol–water partition coefficient (Wildman–Crippen LogP) is 1.61. The van der Waals surface area contributed by atoms with Gasteiger partial charge in [0.25, 0.3) is 0 Å². The Kier molecular flexibility index (Phi) is 6.03. The fourth-order valence-corrected chi connectivity index (χ4v) is 3.15. The van der Waals surface area contributed by atoms with Gasteiger partial charge in [0.2, 0.25) is 5.95 Å². The molecule has 2 aliphatic rings. The Morgan fingerprint density at radius 3 is 2.17 bits per heavy atom. The van der Waals surface area contributed by atoms with Crippen molar-refractivity contribution < 1.29 is 4.74 Å². The second kappa shape index (κ2) is 8.43. The Bertz CT molecular complexity index is 555. The molecule has 2 N–H and O–H groups in total. The largest absolute Gasteiger partial charge is 0.378 e. The monoisotopic (exact) mass is 350 g/mol. The zero-order valence-electron chi connectivity index (χ0n) is 14.3. The third kappa shape index (κ3) is 4.45. The Labute approximate surface area is 148 Å². The van der Waals surface area contributed by atoms with Gasteiger partial charge in [0.05, 0.1) is 13.2 Å². The fraction of sp³-hybridized carbons (Fsp3) is 0.688. The zero-order chi connectivity index (χ0) is 16.8. The summed E-state index contributed by atoms with van der Waals surface area (Å²) in [5, 5.41) is 6.52. The summed E-state index contributed by atoms with van der Waals surface area (Å²) in [5.41, 5.74) is 0. The molecule has 0 unspecified atom stereocenters. The molecule has 0 amide bonds. The number of hydrogen-bond donors (Lipinski definition) is 2. The SMILES string of the molecule is CNC(=S)Nc1nc(N2CCCCCC2)cc(N2CCOCC2)n1. The second-order valence-corrected chi connectivity index (χ2v) is 6.52. The van der Waals surface area contributed by atoms with Gasteiger partial charge in [-0.15, -0.1) is 0 Å². The summed E-state index contributed by atoms with van der Waals surface area (Å²) in [4.78, 5) is 14.0. The van der Waals surface area contributed by atoms with Gasteiger partial charge >= 0.3 is 0 Å². The minimum absolute atomic E-state index is 0.524. The topological polar surface area (TPSA) is 65.6 Å². The third-order valence-corrected chi connectivity index (χ3v) is 4.72. The Morgan fingerprint density at radius 1 is 1.00 bits per heavy atom. The van der Waals surface area contributed by atoms with E-state index < -0.39 is 0 Å². The van der Waals surface area contributed by atoms with Crippen LogP contribution in [-0.2, 0) is 4.74 Å². The molecule has 2 fully saturated rings. The summed E-state index contributed by atoms with van der Waals surface area (Å²) in [6, 6.07) is 2.10. The highest BCUT2D eigenvalue weighted by Gasteiger charge is 2.18. The van der Waals surface area contributed by atoms with E-state index in [0.29, 0.717) is 11.1 Å². The van der Waals surface area contributed by atoms with Gasteiger partial charge in [-0.1, -0.05) is 12.8 Å². The molecule has 0 saturated carbocycles. The van der Waals surface area contributed by atoms with E-state index >= 15 is 0 Å². The van der Waals surface area contributed by atoms with Gasteiger partial charge in [-0.05, 0) is 25.1 Å². The maximum absolute atomic E-state index is 5.45. The van der Waals surface area contributed by atoms with Crippen LogP contribution in [0.2, 0.25) is 0 Å². The summed E-state index contributed by atoms with van der Waals surface area (Å²) in [6.45, 7) is 5.28. The standard InChI is InChI=1S/C16H26N6OS/c1-17-16(24)20-15-18-13(21-6-4-2-3-5-7-21)12-14(19-15)22-8-10-23-11-9-22/h12H,2-11H2,1H3,(H2,17,18,19,20,24). The lowest BCUT2D eigenvalue weighted by Crippen LogP contribution is -2.37. The van der Waals surface area contributed by atoms with Crippen LogP contribution in [0.15, 0.2) is 6.07 Å². The average Bonchev–Trinajstić information content (AvgIpc) is 2.91. The first-order valence-corrected chi connectivity index (χ1v) is 9.12. The lowest BCUT2D eigenvalue weighted by atomic mass is 10.2. The summed E-state index contributed by atoms with van der Waals surface area (Å²) >= 11 is 5.21. The first-order valence-electron chi connectivity index (χ1n) is 8.72. The number of morpholine rings is 1. The molecule has 24 heavy (non-hydrogen) atoms. The number of ether oxygens (including phenoxy) is 1. The molecule has 1 aromatic rings. The Hall–Kier alpha value is -1.67. The molecule has 0 radical (unpaired) electrons. The molecule has 0 aromatic carbocycles. The van der Waals surface area contributed by atoms with Crippen molar-refractivity contribution in [3.63, 3.8) is 0 Å². The number of nitrogens with zero attached hydrogens (tertiary/aromatic N) is 4. The molecule has 0 aliphatic carbocycles. The van der Waals surface area contributed by atoms with Crippen LogP contribution in [0.4, 0.5) is 17.6 Å². The normalized spacial score (nSPS) is 18.9. The molecule has 2 aliphatic heterocycles. The lowest BCUT2D eigenvalue weighted by molar-refractivity contribution is 0.122. The van der Waals surface area contributed by atoms with Crippen LogP contribution in [0.1, 0.15) is 25.7 Å². The molecule has 8 heteroatoms.